The molecule has 0 radical (unpaired) electrons. The average Bonchev–Trinajstić information content (AvgIpc) is 3.07. The van der Waals surface area contributed by atoms with Crippen LogP contribution >= 0.6 is 0 Å². The van der Waals surface area contributed by atoms with Crippen molar-refractivity contribution in [3.8, 4) is 11.5 Å². The van der Waals surface area contributed by atoms with Gasteiger partial charge < -0.3 is 29.0 Å². The van der Waals surface area contributed by atoms with Gasteiger partial charge in [-0.3, -0.25) is 4.98 Å². The Morgan fingerprint density at radius 3 is 2.64 bits per heavy atom. The molecule has 33 heavy (non-hydrogen) atoms. The summed E-state index contributed by atoms with van der Waals surface area (Å²) < 4.78 is 13.5. The van der Waals surface area contributed by atoms with Crippen molar-refractivity contribution in [2.45, 2.75) is 71.8 Å². The van der Waals surface area contributed by atoms with E-state index >= 15 is 0 Å². The molecule has 2 aromatic rings. The highest BCUT2D eigenvalue weighted by atomic mass is 28.3. The summed E-state index contributed by atoms with van der Waals surface area (Å²) in [5.74, 6) is 0.585. The molecule has 1 amide bonds. The lowest BCUT2D eigenvalue weighted by Gasteiger charge is -2.30. The third-order valence-electron chi connectivity index (χ3n) is 5.29. The molecule has 1 aliphatic heterocycles. The molecule has 3 heterocycles. The fourth-order valence-electron chi connectivity index (χ4n) is 3.49. The molecule has 0 atom stereocenters. The normalized spacial score (nSPS) is 14.2. The van der Waals surface area contributed by atoms with Crippen molar-refractivity contribution in [3.05, 3.63) is 29.7 Å². The van der Waals surface area contributed by atoms with E-state index in [9.17, 15) is 14.8 Å². The van der Waals surface area contributed by atoms with Crippen LogP contribution in [-0.2, 0) is 29.2 Å². The van der Waals surface area contributed by atoms with E-state index in [-0.39, 0.29) is 12.8 Å². The molecule has 0 aromatic carbocycles. The molecule has 0 fully saturated rings. The first-order valence-electron chi connectivity index (χ1n) is 11.3. The number of carbonyl (C=O) groups is 1. The van der Waals surface area contributed by atoms with Crippen LogP contribution in [0.2, 0.25) is 25.7 Å². The first-order chi connectivity index (χ1) is 15.3. The minimum Gasteiger partial charge on any atom is -0.444 e. The van der Waals surface area contributed by atoms with Gasteiger partial charge in [0.1, 0.15) is 18.0 Å². The van der Waals surface area contributed by atoms with E-state index in [0.29, 0.717) is 43.1 Å². The number of hydrogen-bond donors (Lipinski definition) is 2. The van der Waals surface area contributed by atoms with Crippen LogP contribution in [0.15, 0.2) is 18.3 Å². The van der Waals surface area contributed by atoms with Gasteiger partial charge in [-0.2, -0.15) is 0 Å². The highest BCUT2D eigenvalue weighted by Crippen LogP contribution is 2.27. The highest BCUT2D eigenvalue weighted by molar-refractivity contribution is 6.76. The Labute approximate surface area is 196 Å². The van der Waals surface area contributed by atoms with E-state index in [2.05, 4.69) is 24.6 Å². The van der Waals surface area contributed by atoms with Crippen LogP contribution in [0, 0.1) is 0 Å². The second-order valence-corrected chi connectivity index (χ2v) is 16.2. The van der Waals surface area contributed by atoms with Gasteiger partial charge in [0.25, 0.3) is 0 Å². The van der Waals surface area contributed by atoms with Gasteiger partial charge in [0.05, 0.1) is 17.9 Å². The first-order valence-corrected chi connectivity index (χ1v) is 15.0. The number of hydrogen-bond acceptors (Lipinski definition) is 7. The topological polar surface area (TPSA) is 110 Å². The van der Waals surface area contributed by atoms with E-state index in [4.69, 9.17) is 14.5 Å². The van der Waals surface area contributed by atoms with Gasteiger partial charge >= 0.3 is 13.2 Å². The van der Waals surface area contributed by atoms with Crippen LogP contribution in [0.1, 0.15) is 32.2 Å². The molecule has 3 rings (SSSR count). The van der Waals surface area contributed by atoms with Crippen molar-refractivity contribution in [2.75, 3.05) is 13.2 Å². The zero-order chi connectivity index (χ0) is 24.4. The molecular formula is C22H35BN4O5Si. The molecule has 9 nitrogen and oxygen atoms in total. The number of pyridine rings is 1. The maximum Gasteiger partial charge on any atom is 0.488 e. The molecule has 0 aliphatic carbocycles. The van der Waals surface area contributed by atoms with Gasteiger partial charge in [0.15, 0.2) is 5.82 Å². The second-order valence-electron chi connectivity index (χ2n) is 10.6. The third kappa shape index (κ3) is 6.89. The molecule has 0 bridgehead atoms. The van der Waals surface area contributed by atoms with Gasteiger partial charge in [-0.1, -0.05) is 19.6 Å². The molecule has 2 N–H and O–H groups in total. The largest absolute Gasteiger partial charge is 0.488 e. The van der Waals surface area contributed by atoms with Crippen LogP contribution in [0.5, 0.6) is 0 Å². The number of nitrogens with zero attached hydrogens (tertiary/aromatic N) is 4. The number of rotatable bonds is 7. The standard InChI is InChI=1S/C22H35BN4O5Si/c1-22(2,3)32-21(28)26-10-8-17-19(14-26)27(15-31-11-12-33(4,5)6)20(25-17)18-13-16(23(29)30)7-9-24-18/h7,9,13,29-30H,8,10-12,14-15H2,1-6H3. The Morgan fingerprint density at radius 1 is 1.27 bits per heavy atom. The summed E-state index contributed by atoms with van der Waals surface area (Å²) in [6, 6.07) is 4.20. The Morgan fingerprint density at radius 2 is 2.00 bits per heavy atom. The molecular weight excluding hydrogens is 439 g/mol. The molecule has 0 spiro atoms. The number of fused-ring (bicyclic) bond motifs is 1. The van der Waals surface area contributed by atoms with Crippen molar-refractivity contribution in [2.24, 2.45) is 0 Å². The number of ether oxygens (including phenoxy) is 2. The third-order valence-corrected chi connectivity index (χ3v) is 7.00. The van der Waals surface area contributed by atoms with Crippen molar-refractivity contribution in [1.82, 2.24) is 19.4 Å². The summed E-state index contributed by atoms with van der Waals surface area (Å²) in [5.41, 5.74) is 2.05. The summed E-state index contributed by atoms with van der Waals surface area (Å²) >= 11 is 0. The van der Waals surface area contributed by atoms with Crippen LogP contribution < -0.4 is 5.46 Å². The van der Waals surface area contributed by atoms with E-state index in [1.807, 2.05) is 25.3 Å². The molecule has 180 valence electrons. The van der Waals surface area contributed by atoms with Crippen molar-refractivity contribution < 1.29 is 24.3 Å². The molecule has 11 heteroatoms. The maximum atomic E-state index is 12.7. The second kappa shape index (κ2) is 9.96. The van der Waals surface area contributed by atoms with Gasteiger partial charge in [0, 0.05) is 33.8 Å². The first kappa shape index (κ1) is 25.4. The van der Waals surface area contributed by atoms with Crippen molar-refractivity contribution in [3.63, 3.8) is 0 Å². The van der Waals surface area contributed by atoms with E-state index in [0.717, 1.165) is 17.4 Å². The lowest BCUT2D eigenvalue weighted by Crippen LogP contribution is -2.40. The molecule has 0 saturated heterocycles. The smallest absolute Gasteiger partial charge is 0.444 e. The predicted molar refractivity (Wildman–Crippen MR) is 130 cm³/mol. The summed E-state index contributed by atoms with van der Waals surface area (Å²) in [4.78, 5) is 23.6. The Kier molecular flexibility index (Phi) is 7.67. The predicted octanol–water partition coefficient (Wildman–Crippen LogP) is 2.23. The number of amides is 1. The van der Waals surface area contributed by atoms with E-state index in [1.54, 1.807) is 17.0 Å². The zero-order valence-corrected chi connectivity index (χ0v) is 21.5. The van der Waals surface area contributed by atoms with E-state index in [1.165, 1.54) is 6.20 Å². The highest BCUT2D eigenvalue weighted by Gasteiger charge is 2.30. The Hall–Kier alpha value is -2.21. The summed E-state index contributed by atoms with van der Waals surface area (Å²) in [6.07, 6.45) is 1.76. The Bertz CT molecular complexity index is 984. The van der Waals surface area contributed by atoms with Gasteiger partial charge in [-0.05, 0) is 44.4 Å². The number of aromatic nitrogens is 3. The quantitative estimate of drug-likeness (QED) is 0.468. The summed E-state index contributed by atoms with van der Waals surface area (Å²) in [6.45, 7) is 14.2. The monoisotopic (exact) mass is 474 g/mol. The minimum absolute atomic E-state index is 0.276. The fourth-order valence-corrected chi connectivity index (χ4v) is 4.25. The van der Waals surface area contributed by atoms with Gasteiger partial charge in [-0.15, -0.1) is 0 Å². The van der Waals surface area contributed by atoms with Crippen molar-refractivity contribution >= 4 is 26.7 Å². The summed E-state index contributed by atoms with van der Waals surface area (Å²) in [7, 11) is -2.84. The molecule has 0 unspecified atom stereocenters. The molecule has 2 aromatic heterocycles. The van der Waals surface area contributed by atoms with Gasteiger partial charge in [0.2, 0.25) is 0 Å². The van der Waals surface area contributed by atoms with Gasteiger partial charge in [-0.25, -0.2) is 9.78 Å². The lowest BCUT2D eigenvalue weighted by molar-refractivity contribution is 0.0208. The van der Waals surface area contributed by atoms with Crippen molar-refractivity contribution in [1.29, 1.82) is 0 Å². The minimum atomic E-state index is -1.60. The SMILES string of the molecule is CC(C)(C)OC(=O)N1CCc2nc(-c3cc(B(O)O)ccn3)n(COCC[Si](C)(C)C)c2C1. The maximum absolute atomic E-state index is 12.7. The number of carbonyl (C=O) groups excluding carboxylic acids is 1. The van der Waals surface area contributed by atoms with E-state index < -0.39 is 20.8 Å². The zero-order valence-electron chi connectivity index (χ0n) is 20.5. The summed E-state index contributed by atoms with van der Waals surface area (Å²) in [5, 5.41) is 19.2. The van der Waals surface area contributed by atoms with Crippen LogP contribution in [0.4, 0.5) is 4.79 Å². The number of imidazole rings is 1. The Balaban J connectivity index is 1.91. The average molecular weight is 474 g/mol. The fraction of sp³-hybridized carbons (Fsp3) is 0.591. The lowest BCUT2D eigenvalue weighted by atomic mass is 9.80. The van der Waals surface area contributed by atoms with Crippen LogP contribution in [0.25, 0.3) is 11.5 Å². The van der Waals surface area contributed by atoms with Crippen LogP contribution in [-0.4, -0.2) is 69.5 Å². The van der Waals surface area contributed by atoms with Crippen LogP contribution in [0.3, 0.4) is 0 Å². The molecule has 0 saturated carbocycles. The molecule has 1 aliphatic rings.